The molecule has 0 aromatic heterocycles. The van der Waals surface area contributed by atoms with Gasteiger partial charge in [-0.2, -0.15) is 0 Å². The number of carbonyl (C=O) groups is 2. The van der Waals surface area contributed by atoms with Crippen molar-refractivity contribution < 1.29 is 9.59 Å². The number of piperidine rings is 1. The Morgan fingerprint density at radius 2 is 1.83 bits per heavy atom. The zero-order valence-electron chi connectivity index (χ0n) is 7.25. The molecule has 0 bridgehead atoms. The Hall–Kier alpha value is -1.06. The van der Waals surface area contributed by atoms with Crippen LogP contribution in [0.4, 0.5) is 0 Å². The van der Waals surface area contributed by atoms with Gasteiger partial charge in [0.2, 0.25) is 11.8 Å². The predicted molar refractivity (Wildman–Crippen MR) is 44.2 cm³/mol. The summed E-state index contributed by atoms with van der Waals surface area (Å²) >= 11 is 0. The van der Waals surface area contributed by atoms with Crippen molar-refractivity contribution in [3.05, 3.63) is 0 Å². The predicted octanol–water partition coefficient (Wildman–Crippen LogP) is -0.270. The third-order valence-electron chi connectivity index (χ3n) is 2.34. The molecule has 1 saturated heterocycles. The Morgan fingerprint density at radius 3 is 2.17 bits per heavy atom. The number of hydrogen-bond donors (Lipinski definition) is 1. The Morgan fingerprint density at radius 1 is 1.33 bits per heavy atom. The molecule has 2 N–H and O–H groups in total. The van der Waals surface area contributed by atoms with E-state index >= 15 is 0 Å². The number of likely N-dealkylation sites (tertiary alicyclic amines) is 1. The second-order valence-electron chi connectivity index (χ2n) is 3.18. The van der Waals surface area contributed by atoms with Crippen molar-refractivity contribution in [2.75, 3.05) is 13.1 Å². The molecule has 12 heavy (non-hydrogen) atoms. The van der Waals surface area contributed by atoms with E-state index in [2.05, 4.69) is 0 Å². The molecule has 0 atom stereocenters. The van der Waals surface area contributed by atoms with Crippen LogP contribution in [0.1, 0.15) is 19.8 Å². The second-order valence-corrected chi connectivity index (χ2v) is 3.18. The van der Waals surface area contributed by atoms with Gasteiger partial charge in [0.1, 0.15) is 0 Å². The number of amides is 2. The molecule has 1 fully saturated rings. The van der Waals surface area contributed by atoms with Crippen LogP contribution in [0.15, 0.2) is 0 Å². The van der Waals surface area contributed by atoms with Crippen LogP contribution in [0.25, 0.3) is 0 Å². The molecule has 0 unspecified atom stereocenters. The third-order valence-corrected chi connectivity index (χ3v) is 2.34. The van der Waals surface area contributed by atoms with Crippen LogP contribution in [0.3, 0.4) is 0 Å². The van der Waals surface area contributed by atoms with E-state index in [1.165, 1.54) is 0 Å². The molecule has 2 amide bonds. The van der Waals surface area contributed by atoms with Crippen molar-refractivity contribution in [3.8, 4) is 0 Å². The van der Waals surface area contributed by atoms with Gasteiger partial charge in [0.15, 0.2) is 0 Å². The van der Waals surface area contributed by atoms with Crippen LogP contribution in [0, 0.1) is 5.92 Å². The summed E-state index contributed by atoms with van der Waals surface area (Å²) in [6.45, 7) is 2.89. The van der Waals surface area contributed by atoms with Gasteiger partial charge in [-0.15, -0.1) is 0 Å². The van der Waals surface area contributed by atoms with Gasteiger partial charge in [-0.3, -0.25) is 9.59 Å². The van der Waals surface area contributed by atoms with Crippen LogP contribution in [0.5, 0.6) is 0 Å². The van der Waals surface area contributed by atoms with Gasteiger partial charge in [-0.25, -0.2) is 0 Å². The molecule has 0 spiro atoms. The van der Waals surface area contributed by atoms with Crippen LogP contribution in [-0.4, -0.2) is 29.8 Å². The van der Waals surface area contributed by atoms with Gasteiger partial charge in [-0.1, -0.05) is 0 Å². The van der Waals surface area contributed by atoms with Crippen molar-refractivity contribution in [1.29, 1.82) is 0 Å². The van der Waals surface area contributed by atoms with E-state index < -0.39 is 0 Å². The molecule has 1 aliphatic heterocycles. The Bertz CT molecular complexity index is 173. The summed E-state index contributed by atoms with van der Waals surface area (Å²) in [6.07, 6.45) is 1.43. The highest BCUT2D eigenvalue weighted by Gasteiger charge is 2.23. The number of rotatable bonds is 1. The van der Waals surface area contributed by atoms with E-state index in [0.29, 0.717) is 13.1 Å². The Balaban J connectivity index is 2.39. The summed E-state index contributed by atoms with van der Waals surface area (Å²) < 4.78 is 0. The summed E-state index contributed by atoms with van der Waals surface area (Å²) in [5.74, 6) is -0.184. The third kappa shape index (κ3) is 1.96. The summed E-state index contributed by atoms with van der Waals surface area (Å²) in [4.78, 5) is 23.4. The lowest BCUT2D eigenvalue weighted by Gasteiger charge is -2.29. The van der Waals surface area contributed by atoms with Crippen molar-refractivity contribution in [3.63, 3.8) is 0 Å². The summed E-state index contributed by atoms with van der Waals surface area (Å²) in [5.41, 5.74) is 5.15. The molecule has 68 valence electrons. The molecule has 1 rings (SSSR count). The van der Waals surface area contributed by atoms with Crippen LogP contribution >= 0.6 is 0 Å². The summed E-state index contributed by atoms with van der Waals surface area (Å²) in [6, 6.07) is 0. The van der Waals surface area contributed by atoms with Gasteiger partial charge in [0.25, 0.3) is 0 Å². The second kappa shape index (κ2) is 3.56. The van der Waals surface area contributed by atoms with E-state index in [-0.39, 0.29) is 17.7 Å². The first kappa shape index (κ1) is 9.03. The molecule has 0 aliphatic carbocycles. The maximum absolute atomic E-state index is 10.9. The average molecular weight is 170 g/mol. The Labute approximate surface area is 71.7 Å². The van der Waals surface area contributed by atoms with Crippen molar-refractivity contribution in [2.24, 2.45) is 11.7 Å². The topological polar surface area (TPSA) is 63.4 Å². The molecule has 0 aromatic rings. The SMILES string of the molecule is CC(=O)N1CCC(C(N)=O)CC1. The van der Waals surface area contributed by atoms with E-state index in [9.17, 15) is 9.59 Å². The lowest BCUT2D eigenvalue weighted by atomic mass is 9.96. The van der Waals surface area contributed by atoms with E-state index in [0.717, 1.165) is 12.8 Å². The normalized spacial score (nSPS) is 19.2. The van der Waals surface area contributed by atoms with E-state index in [1.807, 2.05) is 0 Å². The largest absolute Gasteiger partial charge is 0.369 e. The molecule has 0 aromatic carbocycles. The van der Waals surface area contributed by atoms with Gasteiger partial charge < -0.3 is 10.6 Å². The zero-order valence-corrected chi connectivity index (χ0v) is 7.25. The van der Waals surface area contributed by atoms with E-state index in [1.54, 1.807) is 11.8 Å². The highest BCUT2D eigenvalue weighted by molar-refractivity contribution is 5.77. The van der Waals surface area contributed by atoms with Crippen molar-refractivity contribution >= 4 is 11.8 Å². The first-order valence-corrected chi connectivity index (χ1v) is 4.16. The number of carbonyl (C=O) groups excluding carboxylic acids is 2. The first-order chi connectivity index (χ1) is 5.61. The van der Waals surface area contributed by atoms with Gasteiger partial charge >= 0.3 is 0 Å². The minimum atomic E-state index is -0.238. The maximum atomic E-state index is 10.9. The zero-order chi connectivity index (χ0) is 9.14. The molecular weight excluding hydrogens is 156 g/mol. The minimum Gasteiger partial charge on any atom is -0.369 e. The van der Waals surface area contributed by atoms with Crippen LogP contribution in [-0.2, 0) is 9.59 Å². The molecule has 4 heteroatoms. The lowest BCUT2D eigenvalue weighted by Crippen LogP contribution is -2.40. The minimum absolute atomic E-state index is 0.0272. The average Bonchev–Trinajstić information content (AvgIpc) is 2.04. The lowest BCUT2D eigenvalue weighted by molar-refractivity contribution is -0.132. The van der Waals surface area contributed by atoms with Crippen molar-refractivity contribution in [1.82, 2.24) is 4.90 Å². The highest BCUT2D eigenvalue weighted by Crippen LogP contribution is 2.16. The maximum Gasteiger partial charge on any atom is 0.220 e. The quantitative estimate of drug-likeness (QED) is 0.588. The monoisotopic (exact) mass is 170 g/mol. The fourth-order valence-corrected chi connectivity index (χ4v) is 1.48. The van der Waals surface area contributed by atoms with Crippen molar-refractivity contribution in [2.45, 2.75) is 19.8 Å². The first-order valence-electron chi connectivity index (χ1n) is 4.16. The summed E-state index contributed by atoms with van der Waals surface area (Å²) in [7, 11) is 0. The van der Waals surface area contributed by atoms with Crippen LogP contribution in [0.2, 0.25) is 0 Å². The number of nitrogens with zero attached hydrogens (tertiary/aromatic N) is 1. The molecule has 1 aliphatic rings. The fraction of sp³-hybridized carbons (Fsp3) is 0.750. The smallest absolute Gasteiger partial charge is 0.220 e. The molecular formula is C8H14N2O2. The number of nitrogens with two attached hydrogens (primary N) is 1. The molecule has 1 heterocycles. The van der Waals surface area contributed by atoms with Gasteiger partial charge in [0.05, 0.1) is 0 Å². The number of hydrogen-bond acceptors (Lipinski definition) is 2. The van der Waals surface area contributed by atoms with Crippen LogP contribution < -0.4 is 5.73 Å². The fourth-order valence-electron chi connectivity index (χ4n) is 1.48. The molecule has 4 nitrogen and oxygen atoms in total. The van der Waals surface area contributed by atoms with E-state index in [4.69, 9.17) is 5.73 Å². The Kier molecular flexibility index (Phi) is 2.68. The molecule has 0 saturated carbocycles. The highest BCUT2D eigenvalue weighted by atomic mass is 16.2. The molecule has 0 radical (unpaired) electrons. The van der Waals surface area contributed by atoms with Gasteiger partial charge in [-0.05, 0) is 12.8 Å². The standard InChI is InChI=1S/C8H14N2O2/c1-6(11)10-4-2-7(3-5-10)8(9)12/h7H,2-5H2,1H3,(H2,9,12). The summed E-state index contributed by atoms with van der Waals surface area (Å²) in [5, 5.41) is 0. The van der Waals surface area contributed by atoms with Gasteiger partial charge in [0, 0.05) is 25.9 Å². The number of primary amides is 1.